The highest BCUT2D eigenvalue weighted by Crippen LogP contribution is 2.24. The Labute approximate surface area is 105 Å². The number of carbonyl (C=O) groups is 1. The van der Waals surface area contributed by atoms with Crippen molar-refractivity contribution in [3.05, 3.63) is 53.9 Å². The van der Waals surface area contributed by atoms with E-state index in [1.807, 2.05) is 0 Å². The third-order valence-corrected chi connectivity index (χ3v) is 2.62. The molecule has 0 aliphatic heterocycles. The number of hydrogen-bond acceptors (Lipinski definition) is 4. The summed E-state index contributed by atoms with van der Waals surface area (Å²) >= 11 is 0. The Morgan fingerprint density at radius 3 is 2.61 bits per heavy atom. The maximum atomic E-state index is 12.0. The average molecular weight is 243 g/mol. The maximum Gasteiger partial charge on any atom is 0.170 e. The zero-order chi connectivity index (χ0) is 13.0. The Morgan fingerprint density at radius 1 is 1.28 bits per heavy atom. The van der Waals surface area contributed by atoms with Gasteiger partial charge in [0.25, 0.3) is 0 Å². The number of rotatable bonds is 4. The van der Waals surface area contributed by atoms with Gasteiger partial charge in [-0.3, -0.25) is 9.78 Å². The number of pyridine rings is 1. The van der Waals surface area contributed by atoms with Gasteiger partial charge >= 0.3 is 0 Å². The van der Waals surface area contributed by atoms with E-state index in [-0.39, 0.29) is 18.0 Å². The van der Waals surface area contributed by atoms with E-state index >= 15 is 0 Å². The van der Waals surface area contributed by atoms with Gasteiger partial charge < -0.3 is 9.84 Å². The van der Waals surface area contributed by atoms with Gasteiger partial charge in [0.05, 0.1) is 12.7 Å². The average Bonchev–Trinajstić information content (AvgIpc) is 2.39. The number of ketones is 1. The van der Waals surface area contributed by atoms with Crippen LogP contribution in [0.2, 0.25) is 0 Å². The quantitative estimate of drug-likeness (QED) is 0.836. The first-order chi connectivity index (χ1) is 8.70. The molecule has 0 fully saturated rings. The maximum absolute atomic E-state index is 12.0. The normalized spacial score (nSPS) is 10.1. The molecule has 2 aromatic rings. The fraction of sp³-hybridized carbons (Fsp3) is 0.143. The highest BCUT2D eigenvalue weighted by atomic mass is 16.5. The summed E-state index contributed by atoms with van der Waals surface area (Å²) < 4.78 is 4.97. The molecule has 0 saturated carbocycles. The highest BCUT2D eigenvalue weighted by Gasteiger charge is 2.12. The second-order valence-corrected chi connectivity index (χ2v) is 3.84. The Kier molecular flexibility index (Phi) is 3.57. The molecule has 1 N–H and O–H groups in total. The number of nitrogens with zero attached hydrogens (tertiary/aromatic N) is 1. The molecule has 0 aliphatic rings. The zero-order valence-electron chi connectivity index (χ0n) is 9.96. The van der Waals surface area contributed by atoms with E-state index in [0.29, 0.717) is 11.3 Å². The van der Waals surface area contributed by atoms with Gasteiger partial charge in [-0.05, 0) is 29.8 Å². The lowest BCUT2D eigenvalue weighted by Crippen LogP contribution is -2.04. The lowest BCUT2D eigenvalue weighted by Gasteiger charge is -2.06. The topological polar surface area (TPSA) is 59.4 Å². The summed E-state index contributed by atoms with van der Waals surface area (Å²) in [5.41, 5.74) is 1.16. The van der Waals surface area contributed by atoms with E-state index in [1.165, 1.54) is 13.2 Å². The fourth-order valence-electron chi connectivity index (χ4n) is 1.66. The molecule has 0 saturated heterocycles. The number of aromatic hydroxyl groups is 1. The van der Waals surface area contributed by atoms with E-state index in [0.717, 1.165) is 5.56 Å². The minimum Gasteiger partial charge on any atom is -0.507 e. The van der Waals surface area contributed by atoms with Crippen LogP contribution in [0.25, 0.3) is 0 Å². The summed E-state index contributed by atoms with van der Waals surface area (Å²) in [5, 5.41) is 9.76. The van der Waals surface area contributed by atoms with Crippen molar-refractivity contribution in [2.24, 2.45) is 0 Å². The number of methoxy groups -OCH3 is 1. The van der Waals surface area contributed by atoms with Crippen molar-refractivity contribution in [3.8, 4) is 11.5 Å². The number of hydrogen-bond donors (Lipinski definition) is 1. The molecule has 1 aromatic heterocycles. The number of aromatic nitrogens is 1. The molecule has 1 heterocycles. The first-order valence-electron chi connectivity index (χ1n) is 5.50. The van der Waals surface area contributed by atoms with E-state index in [2.05, 4.69) is 4.98 Å². The third kappa shape index (κ3) is 2.66. The van der Waals surface area contributed by atoms with Crippen molar-refractivity contribution in [1.29, 1.82) is 0 Å². The van der Waals surface area contributed by atoms with Crippen LogP contribution >= 0.6 is 0 Å². The van der Waals surface area contributed by atoms with E-state index in [1.54, 1.807) is 36.7 Å². The summed E-state index contributed by atoms with van der Waals surface area (Å²) in [7, 11) is 1.51. The predicted molar refractivity (Wildman–Crippen MR) is 66.9 cm³/mol. The van der Waals surface area contributed by atoms with Crippen LogP contribution in [0.1, 0.15) is 15.9 Å². The van der Waals surface area contributed by atoms with Gasteiger partial charge in [0, 0.05) is 24.9 Å². The molecule has 0 spiro atoms. The second-order valence-electron chi connectivity index (χ2n) is 3.84. The zero-order valence-corrected chi connectivity index (χ0v) is 9.96. The summed E-state index contributed by atoms with van der Waals surface area (Å²) in [4.78, 5) is 15.9. The number of Topliss-reactive ketones (excluding diaryl/α,β-unsaturated/α-hetero) is 1. The van der Waals surface area contributed by atoms with Crippen LogP contribution < -0.4 is 4.74 Å². The van der Waals surface area contributed by atoms with Crippen molar-refractivity contribution in [2.45, 2.75) is 6.42 Å². The molecule has 0 aliphatic carbocycles. The highest BCUT2D eigenvalue weighted by molar-refractivity contribution is 6.00. The number of benzene rings is 1. The van der Waals surface area contributed by atoms with Crippen molar-refractivity contribution < 1.29 is 14.6 Å². The van der Waals surface area contributed by atoms with Gasteiger partial charge in [-0.1, -0.05) is 0 Å². The molecule has 0 amide bonds. The minimum atomic E-state index is -0.138. The summed E-state index contributed by atoms with van der Waals surface area (Å²) in [6, 6.07) is 8.20. The molecule has 0 radical (unpaired) electrons. The van der Waals surface area contributed by atoms with Crippen molar-refractivity contribution in [1.82, 2.24) is 4.98 Å². The van der Waals surface area contributed by atoms with Crippen LogP contribution in [0.3, 0.4) is 0 Å². The van der Waals surface area contributed by atoms with Gasteiger partial charge in [-0.25, -0.2) is 0 Å². The number of carbonyl (C=O) groups excluding carboxylic acids is 1. The fourth-order valence-corrected chi connectivity index (χ4v) is 1.66. The van der Waals surface area contributed by atoms with Gasteiger partial charge in [-0.2, -0.15) is 0 Å². The van der Waals surface area contributed by atoms with Crippen molar-refractivity contribution in [3.63, 3.8) is 0 Å². The Hall–Kier alpha value is -2.36. The van der Waals surface area contributed by atoms with Gasteiger partial charge in [0.2, 0.25) is 0 Å². The lowest BCUT2D eigenvalue weighted by atomic mass is 10.0. The van der Waals surface area contributed by atoms with Crippen LogP contribution in [-0.2, 0) is 6.42 Å². The van der Waals surface area contributed by atoms with Crippen molar-refractivity contribution in [2.75, 3.05) is 7.11 Å². The molecular formula is C14H13NO3. The summed E-state index contributed by atoms with van der Waals surface area (Å²) in [6.45, 7) is 0. The molecular weight excluding hydrogens is 230 g/mol. The molecule has 0 unspecified atom stereocenters. The Balaban J connectivity index is 2.19. The van der Waals surface area contributed by atoms with Crippen LogP contribution in [0, 0.1) is 0 Å². The lowest BCUT2D eigenvalue weighted by molar-refractivity contribution is 0.0990. The molecule has 0 bridgehead atoms. The van der Waals surface area contributed by atoms with Crippen LogP contribution in [0.5, 0.6) is 11.5 Å². The van der Waals surface area contributed by atoms with Crippen LogP contribution in [0.4, 0.5) is 0 Å². The Morgan fingerprint density at radius 2 is 2.00 bits per heavy atom. The first kappa shape index (κ1) is 12.1. The number of ether oxygens (including phenoxy) is 1. The molecule has 4 heteroatoms. The van der Waals surface area contributed by atoms with Gasteiger partial charge in [0.15, 0.2) is 5.78 Å². The largest absolute Gasteiger partial charge is 0.507 e. The second kappa shape index (κ2) is 5.31. The molecule has 4 nitrogen and oxygen atoms in total. The SMILES string of the molecule is COc1ccc(C(=O)Cc2ccncc2)c(O)c1. The van der Waals surface area contributed by atoms with Crippen LogP contribution in [-0.4, -0.2) is 23.0 Å². The standard InChI is InChI=1S/C14H13NO3/c1-18-11-2-3-12(14(17)9-11)13(16)8-10-4-6-15-7-5-10/h2-7,9,17H,8H2,1H3. The summed E-state index contributed by atoms with van der Waals surface area (Å²) in [6.07, 6.45) is 3.51. The smallest absolute Gasteiger partial charge is 0.170 e. The van der Waals surface area contributed by atoms with E-state index < -0.39 is 0 Å². The molecule has 18 heavy (non-hydrogen) atoms. The minimum absolute atomic E-state index is 0.0617. The third-order valence-electron chi connectivity index (χ3n) is 2.62. The number of phenols is 1. The van der Waals surface area contributed by atoms with E-state index in [9.17, 15) is 9.90 Å². The molecule has 0 atom stereocenters. The first-order valence-corrected chi connectivity index (χ1v) is 5.50. The summed E-state index contributed by atoms with van der Waals surface area (Å²) in [5.74, 6) is 0.322. The van der Waals surface area contributed by atoms with Crippen molar-refractivity contribution >= 4 is 5.78 Å². The monoisotopic (exact) mass is 243 g/mol. The van der Waals surface area contributed by atoms with Gasteiger partial charge in [0.1, 0.15) is 11.5 Å². The number of phenolic OH excluding ortho intramolecular Hbond substituents is 1. The molecule has 1 aromatic carbocycles. The molecule has 92 valence electrons. The van der Waals surface area contributed by atoms with Crippen LogP contribution in [0.15, 0.2) is 42.7 Å². The predicted octanol–water partition coefficient (Wildman–Crippen LogP) is 2.22. The van der Waals surface area contributed by atoms with E-state index in [4.69, 9.17) is 4.74 Å². The Bertz CT molecular complexity index is 552. The molecule has 2 rings (SSSR count). The van der Waals surface area contributed by atoms with Gasteiger partial charge in [-0.15, -0.1) is 0 Å².